The molecule has 2 unspecified atom stereocenters. The maximum absolute atomic E-state index is 13.8. The normalized spacial score (nSPS) is 21.9. The summed E-state index contributed by atoms with van der Waals surface area (Å²) in [4.78, 5) is 17.4. The lowest BCUT2D eigenvalue weighted by Gasteiger charge is -2.43. The van der Waals surface area contributed by atoms with E-state index in [2.05, 4.69) is 4.90 Å². The van der Waals surface area contributed by atoms with Gasteiger partial charge < -0.3 is 4.90 Å². The van der Waals surface area contributed by atoms with Crippen molar-refractivity contribution in [2.75, 3.05) is 19.6 Å². The molecule has 40 heavy (non-hydrogen) atoms. The lowest BCUT2D eigenvalue weighted by Crippen LogP contribution is -2.46. The SMILES string of the molecule is O=C(Cc1cc(C(F)(F)F)cc(C(F)(F)F)c1)N1CC[C@@H]2CN(Cc3ccccc3)CC2C1c1ccc(F)cc1. The summed E-state index contributed by atoms with van der Waals surface area (Å²) < 4.78 is 94.1. The van der Waals surface area contributed by atoms with E-state index in [0.717, 1.165) is 12.1 Å². The zero-order valence-electron chi connectivity index (χ0n) is 21.4. The van der Waals surface area contributed by atoms with E-state index in [4.69, 9.17) is 0 Å². The molecule has 0 spiro atoms. The van der Waals surface area contributed by atoms with Gasteiger partial charge in [0.05, 0.1) is 23.6 Å². The molecule has 10 heteroatoms. The number of carbonyl (C=O) groups excluding carboxylic acids is 1. The monoisotopic (exact) mass is 564 g/mol. The molecule has 2 aliphatic rings. The minimum atomic E-state index is -5.00. The molecule has 3 nitrogen and oxygen atoms in total. The van der Waals surface area contributed by atoms with Gasteiger partial charge >= 0.3 is 12.4 Å². The Bertz CT molecular complexity index is 1310. The number of carbonyl (C=O) groups is 1. The standard InChI is InChI=1S/C30H27F7N2O/c31-25-8-6-21(7-9-25)28-26-18-38(16-19-4-2-1-3-5-19)17-22(26)10-11-39(28)27(40)14-20-12-23(29(32,33)34)15-24(13-20)30(35,36)37/h1-9,12-13,15,22,26,28H,10-11,14,16-18H2/t22-,26?,28?/m1/s1. The molecule has 3 aromatic rings. The van der Waals surface area contributed by atoms with Crippen LogP contribution in [0.5, 0.6) is 0 Å². The summed E-state index contributed by atoms with van der Waals surface area (Å²) in [5.74, 6) is -0.816. The average Bonchev–Trinajstić information content (AvgIpc) is 3.30. The van der Waals surface area contributed by atoms with E-state index in [1.165, 1.54) is 12.1 Å². The molecule has 0 bridgehead atoms. The topological polar surface area (TPSA) is 23.6 Å². The predicted octanol–water partition coefficient (Wildman–Crippen LogP) is 7.13. The fourth-order valence-corrected chi connectivity index (χ4v) is 6.06. The second kappa shape index (κ2) is 10.9. The zero-order chi connectivity index (χ0) is 28.7. The second-order valence-electron chi connectivity index (χ2n) is 10.6. The minimum absolute atomic E-state index is 0.0286. The Morgan fingerprint density at radius 2 is 1.43 bits per heavy atom. The first-order valence-corrected chi connectivity index (χ1v) is 13.0. The molecule has 3 aromatic carbocycles. The lowest BCUT2D eigenvalue weighted by molar-refractivity contribution is -0.143. The summed E-state index contributed by atoms with van der Waals surface area (Å²) in [5, 5.41) is 0. The third-order valence-corrected chi connectivity index (χ3v) is 7.83. The van der Waals surface area contributed by atoms with E-state index in [9.17, 15) is 35.5 Å². The highest BCUT2D eigenvalue weighted by atomic mass is 19.4. The molecule has 0 aromatic heterocycles. The summed E-state index contributed by atoms with van der Waals surface area (Å²) in [6.07, 6.45) is -9.97. The molecule has 0 radical (unpaired) electrons. The van der Waals surface area contributed by atoms with E-state index in [1.54, 1.807) is 17.0 Å². The lowest BCUT2D eigenvalue weighted by atomic mass is 9.78. The van der Waals surface area contributed by atoms with Crippen LogP contribution in [0.1, 0.15) is 40.3 Å². The van der Waals surface area contributed by atoms with Crippen molar-refractivity contribution in [3.05, 3.63) is 106 Å². The molecular weight excluding hydrogens is 537 g/mol. The van der Waals surface area contributed by atoms with Crippen LogP contribution < -0.4 is 0 Å². The van der Waals surface area contributed by atoms with Crippen molar-refractivity contribution in [2.45, 2.75) is 37.8 Å². The number of fused-ring (bicyclic) bond motifs is 1. The summed E-state index contributed by atoms with van der Waals surface area (Å²) in [7, 11) is 0. The van der Waals surface area contributed by atoms with Gasteiger partial charge in [-0.15, -0.1) is 0 Å². The van der Waals surface area contributed by atoms with Crippen LogP contribution in [-0.2, 0) is 30.1 Å². The van der Waals surface area contributed by atoms with Gasteiger partial charge in [-0.2, -0.15) is 26.3 Å². The Hall–Kier alpha value is -3.40. The van der Waals surface area contributed by atoms with E-state index >= 15 is 0 Å². The van der Waals surface area contributed by atoms with Gasteiger partial charge in [0, 0.05) is 32.1 Å². The molecule has 212 valence electrons. The number of halogens is 7. The van der Waals surface area contributed by atoms with Gasteiger partial charge in [-0.05, 0) is 59.4 Å². The molecular formula is C30H27F7N2O. The van der Waals surface area contributed by atoms with Crippen LogP contribution in [-0.4, -0.2) is 35.3 Å². The smallest absolute Gasteiger partial charge is 0.335 e. The Morgan fingerprint density at radius 3 is 2.02 bits per heavy atom. The summed E-state index contributed by atoms with van der Waals surface area (Å²) >= 11 is 0. The van der Waals surface area contributed by atoms with Gasteiger partial charge in [-0.25, -0.2) is 4.39 Å². The predicted molar refractivity (Wildman–Crippen MR) is 134 cm³/mol. The van der Waals surface area contributed by atoms with Crippen molar-refractivity contribution in [1.29, 1.82) is 0 Å². The first kappa shape index (κ1) is 28.1. The van der Waals surface area contributed by atoms with E-state index in [-0.39, 0.29) is 23.5 Å². The van der Waals surface area contributed by atoms with E-state index in [0.29, 0.717) is 43.8 Å². The van der Waals surface area contributed by atoms with Crippen LogP contribution in [0.15, 0.2) is 72.8 Å². The average molecular weight is 565 g/mol. The van der Waals surface area contributed by atoms with Crippen molar-refractivity contribution in [3.63, 3.8) is 0 Å². The number of rotatable bonds is 5. The third kappa shape index (κ3) is 6.16. The number of alkyl halides is 6. The van der Waals surface area contributed by atoms with Crippen molar-refractivity contribution in [3.8, 4) is 0 Å². The fourth-order valence-electron chi connectivity index (χ4n) is 6.06. The van der Waals surface area contributed by atoms with Gasteiger partial charge in [0.25, 0.3) is 0 Å². The Morgan fingerprint density at radius 1 is 0.800 bits per heavy atom. The molecule has 0 N–H and O–H groups in total. The first-order chi connectivity index (χ1) is 18.9. The number of likely N-dealkylation sites (tertiary alicyclic amines) is 2. The molecule has 2 heterocycles. The van der Waals surface area contributed by atoms with Gasteiger partial charge in [-0.3, -0.25) is 9.69 Å². The van der Waals surface area contributed by atoms with Crippen LogP contribution in [0.25, 0.3) is 0 Å². The molecule has 3 atom stereocenters. The minimum Gasteiger partial charge on any atom is -0.335 e. The number of benzene rings is 3. The van der Waals surface area contributed by atoms with E-state index in [1.807, 2.05) is 30.3 Å². The third-order valence-electron chi connectivity index (χ3n) is 7.83. The number of hydrogen-bond donors (Lipinski definition) is 0. The van der Waals surface area contributed by atoms with Crippen LogP contribution in [0.3, 0.4) is 0 Å². The van der Waals surface area contributed by atoms with Crippen molar-refractivity contribution in [2.24, 2.45) is 11.8 Å². The molecule has 5 rings (SSSR count). The highest BCUT2D eigenvalue weighted by Crippen LogP contribution is 2.44. The van der Waals surface area contributed by atoms with Crippen LogP contribution in [0, 0.1) is 17.7 Å². The van der Waals surface area contributed by atoms with E-state index < -0.39 is 47.7 Å². The summed E-state index contributed by atoms with van der Waals surface area (Å²) in [5.41, 5.74) is -1.44. The molecule has 2 saturated heterocycles. The highest BCUT2D eigenvalue weighted by Gasteiger charge is 2.46. The number of hydrogen-bond acceptors (Lipinski definition) is 2. The van der Waals surface area contributed by atoms with Crippen LogP contribution in [0.2, 0.25) is 0 Å². The Balaban J connectivity index is 1.43. The maximum atomic E-state index is 13.8. The molecule has 2 fully saturated rings. The van der Waals surface area contributed by atoms with Gasteiger partial charge in [0.15, 0.2) is 0 Å². The van der Waals surface area contributed by atoms with Gasteiger partial charge in [0.2, 0.25) is 5.91 Å². The van der Waals surface area contributed by atoms with Gasteiger partial charge in [-0.1, -0.05) is 42.5 Å². The van der Waals surface area contributed by atoms with Crippen molar-refractivity contribution < 1.29 is 35.5 Å². The largest absolute Gasteiger partial charge is 0.416 e. The molecule has 2 aliphatic heterocycles. The van der Waals surface area contributed by atoms with Gasteiger partial charge in [0.1, 0.15) is 5.82 Å². The molecule has 0 saturated carbocycles. The fraction of sp³-hybridized carbons (Fsp3) is 0.367. The van der Waals surface area contributed by atoms with Crippen LogP contribution >= 0.6 is 0 Å². The quantitative estimate of drug-likeness (QED) is 0.308. The highest BCUT2D eigenvalue weighted by molar-refractivity contribution is 5.79. The first-order valence-electron chi connectivity index (χ1n) is 13.0. The Kier molecular flexibility index (Phi) is 7.65. The molecule has 0 aliphatic carbocycles. The summed E-state index contributed by atoms with van der Waals surface area (Å²) in [6.45, 7) is 2.45. The maximum Gasteiger partial charge on any atom is 0.416 e. The van der Waals surface area contributed by atoms with Crippen molar-refractivity contribution >= 4 is 5.91 Å². The second-order valence-corrected chi connectivity index (χ2v) is 10.6. The zero-order valence-corrected chi connectivity index (χ0v) is 21.4. The number of piperidine rings is 1. The van der Waals surface area contributed by atoms with Crippen molar-refractivity contribution in [1.82, 2.24) is 9.80 Å². The Labute approximate surface area is 227 Å². The number of nitrogens with zero attached hydrogens (tertiary/aromatic N) is 2. The molecule has 1 amide bonds. The summed E-state index contributed by atoms with van der Waals surface area (Å²) in [6, 6.07) is 16.4. The number of amides is 1. The van der Waals surface area contributed by atoms with Crippen LogP contribution in [0.4, 0.5) is 30.7 Å².